The predicted octanol–water partition coefficient (Wildman–Crippen LogP) is 10.1. The zero-order chi connectivity index (χ0) is 30.8. The molecule has 4 aromatic rings. The van der Waals surface area contributed by atoms with Crippen molar-refractivity contribution < 1.29 is 30.0 Å². The summed E-state index contributed by atoms with van der Waals surface area (Å²) < 4.78 is 0. The minimum absolute atomic E-state index is 0. The van der Waals surface area contributed by atoms with Crippen LogP contribution in [0.25, 0.3) is 32.9 Å². The van der Waals surface area contributed by atoms with Gasteiger partial charge in [0.05, 0.1) is 5.76 Å². The van der Waals surface area contributed by atoms with Crippen LogP contribution in [0, 0.1) is 17.9 Å². The number of nitrogens with zero attached hydrogens (tertiary/aromatic N) is 2. The molecule has 1 aliphatic carbocycles. The molecule has 2 heterocycles. The molecular weight excluding hydrogens is 709 g/mol. The molecule has 2 aromatic heterocycles. The normalized spacial score (nSPS) is 13.9. The van der Waals surface area contributed by atoms with Gasteiger partial charge in [-0.3, -0.25) is 9.78 Å². The number of benzene rings is 2. The van der Waals surface area contributed by atoms with Gasteiger partial charge < -0.3 is 10.1 Å². The van der Waals surface area contributed by atoms with Crippen molar-refractivity contribution in [2.75, 3.05) is 0 Å². The number of carbonyl (C=O) groups is 1. The molecule has 4 nitrogen and oxygen atoms in total. The van der Waals surface area contributed by atoms with Crippen molar-refractivity contribution >= 4 is 27.5 Å². The van der Waals surface area contributed by atoms with Crippen LogP contribution in [0.5, 0.6) is 0 Å². The van der Waals surface area contributed by atoms with Gasteiger partial charge in [-0.25, -0.2) is 0 Å². The van der Waals surface area contributed by atoms with Crippen LogP contribution in [0.1, 0.15) is 105 Å². The van der Waals surface area contributed by atoms with E-state index >= 15 is 0 Å². The van der Waals surface area contributed by atoms with Crippen molar-refractivity contribution in [1.82, 2.24) is 9.97 Å². The number of aliphatic hydroxyl groups excluding tert-OH is 1. The quantitative estimate of drug-likeness (QED) is 0.116. The summed E-state index contributed by atoms with van der Waals surface area (Å²) in [6.07, 6.45) is 6.82. The molecule has 0 fully saturated rings. The summed E-state index contributed by atoms with van der Waals surface area (Å²) >= 11 is 0. The van der Waals surface area contributed by atoms with E-state index in [9.17, 15) is 9.90 Å². The monoisotopic (exact) mass is 756 g/mol. The van der Waals surface area contributed by atoms with Crippen LogP contribution in [-0.2, 0) is 35.7 Å². The summed E-state index contributed by atoms with van der Waals surface area (Å²) in [6, 6.07) is 18.7. The minimum Gasteiger partial charge on any atom is -0.512 e. The van der Waals surface area contributed by atoms with Crippen molar-refractivity contribution in [1.29, 1.82) is 0 Å². The molecule has 1 radical (unpaired) electrons. The van der Waals surface area contributed by atoms with Gasteiger partial charge in [0.25, 0.3) is 0 Å². The van der Waals surface area contributed by atoms with E-state index in [0.717, 1.165) is 53.5 Å². The molecule has 1 N–H and O–H groups in total. The van der Waals surface area contributed by atoms with Gasteiger partial charge in [0, 0.05) is 55.3 Å². The molecule has 0 saturated carbocycles. The van der Waals surface area contributed by atoms with Gasteiger partial charge in [-0.05, 0) is 70.3 Å². The summed E-state index contributed by atoms with van der Waals surface area (Å²) in [7, 11) is 0. The van der Waals surface area contributed by atoms with Gasteiger partial charge in [-0.1, -0.05) is 104 Å². The maximum atomic E-state index is 11.7. The molecule has 43 heavy (non-hydrogen) atoms. The summed E-state index contributed by atoms with van der Waals surface area (Å²) in [4.78, 5) is 21.6. The third kappa shape index (κ3) is 6.94. The zero-order valence-electron chi connectivity index (χ0n) is 27.3. The van der Waals surface area contributed by atoms with E-state index in [4.69, 9.17) is 9.97 Å². The summed E-state index contributed by atoms with van der Waals surface area (Å²) in [5.74, 6) is 0.547. The van der Waals surface area contributed by atoms with E-state index < -0.39 is 0 Å². The van der Waals surface area contributed by atoms with Crippen LogP contribution in [0.2, 0.25) is 0 Å². The number of pyridine rings is 2. The van der Waals surface area contributed by atoms with Crippen LogP contribution >= 0.6 is 0 Å². The zero-order valence-corrected chi connectivity index (χ0v) is 29.7. The van der Waals surface area contributed by atoms with Crippen LogP contribution in [0.3, 0.4) is 0 Å². The van der Waals surface area contributed by atoms with Gasteiger partial charge in [0.1, 0.15) is 0 Å². The first-order chi connectivity index (χ1) is 19.9. The Morgan fingerprint density at radius 2 is 1.60 bits per heavy atom. The van der Waals surface area contributed by atoms with Crippen LogP contribution in [0.4, 0.5) is 0 Å². The van der Waals surface area contributed by atoms with Crippen LogP contribution < -0.4 is 0 Å². The Morgan fingerprint density at radius 3 is 2.21 bits per heavy atom. The van der Waals surface area contributed by atoms with Crippen LogP contribution in [-0.4, -0.2) is 20.9 Å². The van der Waals surface area contributed by atoms with E-state index in [2.05, 4.69) is 71.0 Å². The first-order valence-electron chi connectivity index (χ1n) is 15.6. The fourth-order valence-electron chi connectivity index (χ4n) is 6.01. The molecule has 0 spiro atoms. The number of ketones is 1. The molecule has 0 bridgehead atoms. The number of fused-ring (bicyclic) bond motifs is 3. The van der Waals surface area contributed by atoms with E-state index in [1.165, 1.54) is 28.0 Å². The van der Waals surface area contributed by atoms with Gasteiger partial charge in [0.2, 0.25) is 0 Å². The number of carbonyl (C=O) groups excluding carboxylic acids is 1. The van der Waals surface area contributed by atoms with E-state index in [1.807, 2.05) is 46.0 Å². The van der Waals surface area contributed by atoms with Crippen molar-refractivity contribution in [3.8, 4) is 11.3 Å². The van der Waals surface area contributed by atoms with Gasteiger partial charge in [0.15, 0.2) is 5.78 Å². The minimum atomic E-state index is -0.203. The number of rotatable bonds is 7. The first-order valence-corrected chi connectivity index (χ1v) is 15.6. The van der Waals surface area contributed by atoms with Gasteiger partial charge >= 0.3 is 0 Å². The summed E-state index contributed by atoms with van der Waals surface area (Å²) in [5, 5.41) is 13.3. The molecule has 2 aromatic carbocycles. The predicted molar refractivity (Wildman–Crippen MR) is 176 cm³/mol. The van der Waals surface area contributed by atoms with Gasteiger partial charge in [-0.2, -0.15) is 0 Å². The van der Waals surface area contributed by atoms with Gasteiger partial charge in [-0.15, -0.1) is 12.1 Å². The average molecular weight is 756 g/mol. The number of hydrogen-bond donors (Lipinski definition) is 1. The molecule has 5 heteroatoms. The number of hydrogen-bond acceptors (Lipinski definition) is 4. The molecule has 5 rings (SSSR count). The Labute approximate surface area is 271 Å². The van der Waals surface area contributed by atoms with Crippen molar-refractivity contribution in [3.05, 3.63) is 83.4 Å². The van der Waals surface area contributed by atoms with E-state index in [-0.39, 0.29) is 54.3 Å². The first kappa shape index (κ1) is 34.6. The fourth-order valence-corrected chi connectivity index (χ4v) is 6.01. The number of aliphatic hydroxyl groups is 1. The molecule has 0 aliphatic heterocycles. The SMILES string of the molecule is CC(C)(C)c1cc2c3c(nccc3c1)-c1[c-]c3ccccc3nc1C2(C)C.CCC(CC)C(=O)/C=C(\O)C(CC)CC.[Ir]. The molecule has 231 valence electrons. The van der Waals surface area contributed by atoms with E-state index in [0.29, 0.717) is 0 Å². The smallest absolute Gasteiger partial charge is 0.162 e. The largest absolute Gasteiger partial charge is 0.512 e. The molecule has 0 unspecified atom stereocenters. The maximum Gasteiger partial charge on any atom is 0.162 e. The second-order valence-corrected chi connectivity index (χ2v) is 13.1. The molecular formula is C38H47IrN2O2-. The average Bonchev–Trinajstić information content (AvgIpc) is 2.96. The van der Waals surface area contributed by atoms with Crippen LogP contribution in [0.15, 0.2) is 60.5 Å². The number of para-hydroxylation sites is 1. The second kappa shape index (κ2) is 13.8. The van der Waals surface area contributed by atoms with Crippen molar-refractivity contribution in [3.63, 3.8) is 0 Å². The Bertz CT molecular complexity index is 1620. The number of allylic oxidation sites excluding steroid dienone is 2. The Balaban J connectivity index is 0.000000274. The third-order valence-electron chi connectivity index (χ3n) is 8.95. The Morgan fingerprint density at radius 1 is 0.977 bits per heavy atom. The molecule has 1 aliphatic rings. The fraction of sp³-hybridized carbons (Fsp3) is 0.447. The third-order valence-corrected chi connectivity index (χ3v) is 8.95. The van der Waals surface area contributed by atoms with Crippen molar-refractivity contribution in [2.24, 2.45) is 11.8 Å². The Hall–Kier alpha value is -2.88. The maximum absolute atomic E-state index is 11.7. The topological polar surface area (TPSA) is 63.1 Å². The number of aromatic nitrogens is 2. The summed E-state index contributed by atoms with van der Waals surface area (Å²) in [5.41, 5.74) is 6.67. The molecule has 0 amide bonds. The second-order valence-electron chi connectivity index (χ2n) is 13.1. The molecule has 0 saturated heterocycles. The Kier molecular flexibility index (Phi) is 11.1. The standard InChI is InChI=1S/C25H23N2.C13H24O2.Ir/c1-24(2,3)17-12-16-10-11-26-22-18-13-15-8-6-7-9-20(15)27-23(18)25(4,5)19(14-17)21(16)22;1-5-10(6-2)12(14)9-13(15)11(7-3)8-4;/h6-12,14H,1-5H3;9-11,14H,5-8H2,1-4H3;/q-1;;/b;12-9-;. The van der Waals surface area contributed by atoms with E-state index in [1.54, 1.807) is 0 Å². The molecule has 0 atom stereocenters. The summed E-state index contributed by atoms with van der Waals surface area (Å²) in [6.45, 7) is 19.4. The van der Waals surface area contributed by atoms with Crippen molar-refractivity contribution in [2.45, 2.75) is 98.8 Å².